The molecule has 1 aromatic heterocycles. The van der Waals surface area contributed by atoms with E-state index in [1.807, 2.05) is 13.8 Å². The van der Waals surface area contributed by atoms with Gasteiger partial charge < -0.3 is 11.1 Å². The monoisotopic (exact) mass is 278 g/mol. The molecule has 0 atom stereocenters. The summed E-state index contributed by atoms with van der Waals surface area (Å²) in [6.45, 7) is 5.58. The number of anilines is 3. The third kappa shape index (κ3) is 2.68. The molecule has 106 valence electrons. The maximum atomic E-state index is 13.7. The Labute approximate surface area is 116 Å². The maximum absolute atomic E-state index is 13.7. The number of nitrogens with two attached hydrogens (primary N) is 1. The van der Waals surface area contributed by atoms with Crippen molar-refractivity contribution >= 4 is 17.3 Å². The summed E-state index contributed by atoms with van der Waals surface area (Å²) in [5.74, 6) is -0.536. The van der Waals surface area contributed by atoms with Crippen molar-refractivity contribution in [3.05, 3.63) is 41.2 Å². The molecule has 0 aliphatic carbocycles. The zero-order valence-electron chi connectivity index (χ0n) is 11.5. The van der Waals surface area contributed by atoms with Crippen molar-refractivity contribution in [1.82, 2.24) is 9.97 Å². The van der Waals surface area contributed by atoms with Gasteiger partial charge in [-0.1, -0.05) is 19.9 Å². The Morgan fingerprint density at radius 1 is 1.20 bits per heavy atom. The Morgan fingerprint density at radius 2 is 1.90 bits per heavy atom. The lowest BCUT2D eigenvalue weighted by atomic mass is 10.2. The van der Waals surface area contributed by atoms with E-state index in [9.17, 15) is 8.78 Å². The molecule has 0 unspecified atom stereocenters. The Morgan fingerprint density at radius 3 is 2.55 bits per heavy atom. The quantitative estimate of drug-likeness (QED) is 0.901. The van der Waals surface area contributed by atoms with Gasteiger partial charge in [0.2, 0.25) is 0 Å². The molecule has 3 N–H and O–H groups in total. The SMILES string of the molecule is Cc1c(N)nc(C(C)C)nc1Nc1cccc(F)c1F. The maximum Gasteiger partial charge on any atom is 0.182 e. The molecule has 2 aromatic rings. The van der Waals surface area contributed by atoms with Crippen molar-refractivity contribution < 1.29 is 8.78 Å². The second-order valence-corrected chi connectivity index (χ2v) is 4.82. The van der Waals surface area contributed by atoms with E-state index in [0.717, 1.165) is 6.07 Å². The molecular weight excluding hydrogens is 262 g/mol. The summed E-state index contributed by atoms with van der Waals surface area (Å²) in [5, 5.41) is 2.77. The molecule has 4 nitrogen and oxygen atoms in total. The van der Waals surface area contributed by atoms with Crippen molar-refractivity contribution in [2.45, 2.75) is 26.7 Å². The van der Waals surface area contributed by atoms with Crippen LogP contribution in [0.2, 0.25) is 0 Å². The Kier molecular flexibility index (Phi) is 3.83. The summed E-state index contributed by atoms with van der Waals surface area (Å²) in [6, 6.07) is 3.91. The number of hydrogen-bond acceptors (Lipinski definition) is 4. The summed E-state index contributed by atoms with van der Waals surface area (Å²) in [7, 11) is 0. The van der Waals surface area contributed by atoms with Gasteiger partial charge in [0.25, 0.3) is 0 Å². The predicted octanol–water partition coefficient (Wildman–Crippen LogP) is 3.51. The average molecular weight is 278 g/mol. The number of benzene rings is 1. The average Bonchev–Trinajstić information content (AvgIpc) is 2.39. The molecule has 0 aliphatic rings. The lowest BCUT2D eigenvalue weighted by Gasteiger charge is -2.14. The standard InChI is InChI=1S/C14H16F2N4/c1-7(2)13-19-12(17)8(3)14(20-13)18-10-6-4-5-9(15)11(10)16/h4-7H,1-3H3,(H3,17,18,19,20). The number of halogens is 2. The number of nitrogens with one attached hydrogen (secondary N) is 1. The van der Waals surface area contributed by atoms with Crippen LogP contribution < -0.4 is 11.1 Å². The van der Waals surface area contributed by atoms with E-state index in [1.54, 1.807) is 6.92 Å². The van der Waals surface area contributed by atoms with Crippen LogP contribution in [0.3, 0.4) is 0 Å². The molecule has 0 spiro atoms. The smallest absolute Gasteiger partial charge is 0.182 e. The zero-order chi connectivity index (χ0) is 14.9. The Hall–Kier alpha value is -2.24. The summed E-state index contributed by atoms with van der Waals surface area (Å²) < 4.78 is 26.9. The van der Waals surface area contributed by atoms with Gasteiger partial charge in [-0.15, -0.1) is 0 Å². The number of nitrogen functional groups attached to an aromatic ring is 1. The molecule has 0 bridgehead atoms. The van der Waals surface area contributed by atoms with E-state index in [4.69, 9.17) is 5.73 Å². The molecule has 0 fully saturated rings. The predicted molar refractivity (Wildman–Crippen MR) is 74.9 cm³/mol. The molecule has 2 rings (SSSR count). The van der Waals surface area contributed by atoms with Gasteiger partial charge in [-0.3, -0.25) is 0 Å². The number of hydrogen-bond donors (Lipinski definition) is 2. The minimum atomic E-state index is -0.949. The van der Waals surface area contributed by atoms with Crippen molar-refractivity contribution in [3.63, 3.8) is 0 Å². The van der Waals surface area contributed by atoms with Gasteiger partial charge in [0.1, 0.15) is 17.5 Å². The molecule has 20 heavy (non-hydrogen) atoms. The second kappa shape index (κ2) is 5.40. The molecule has 0 amide bonds. The summed E-state index contributed by atoms with van der Waals surface area (Å²) >= 11 is 0. The van der Waals surface area contributed by atoms with E-state index in [-0.39, 0.29) is 11.6 Å². The fraction of sp³-hybridized carbons (Fsp3) is 0.286. The summed E-state index contributed by atoms with van der Waals surface area (Å²) in [5.41, 5.74) is 6.43. The molecular formula is C14H16F2N4. The van der Waals surface area contributed by atoms with Crippen molar-refractivity contribution in [2.24, 2.45) is 0 Å². The molecule has 1 heterocycles. The van der Waals surface area contributed by atoms with Crippen LogP contribution in [0, 0.1) is 18.6 Å². The van der Waals surface area contributed by atoms with E-state index in [2.05, 4.69) is 15.3 Å². The van der Waals surface area contributed by atoms with E-state index < -0.39 is 11.6 Å². The lowest BCUT2D eigenvalue weighted by Crippen LogP contribution is -2.09. The zero-order valence-corrected chi connectivity index (χ0v) is 11.5. The van der Waals surface area contributed by atoms with E-state index in [0.29, 0.717) is 23.0 Å². The second-order valence-electron chi connectivity index (χ2n) is 4.82. The number of nitrogens with zero attached hydrogens (tertiary/aromatic N) is 2. The van der Waals surface area contributed by atoms with Crippen LogP contribution in [0.25, 0.3) is 0 Å². The highest BCUT2D eigenvalue weighted by Gasteiger charge is 2.14. The normalized spacial score (nSPS) is 10.9. The third-order valence-corrected chi connectivity index (χ3v) is 2.92. The highest BCUT2D eigenvalue weighted by molar-refractivity contribution is 5.64. The van der Waals surface area contributed by atoms with Crippen LogP contribution in [0.15, 0.2) is 18.2 Å². The van der Waals surface area contributed by atoms with Crippen molar-refractivity contribution in [2.75, 3.05) is 11.1 Å². The van der Waals surface area contributed by atoms with E-state index in [1.165, 1.54) is 12.1 Å². The van der Waals surface area contributed by atoms with Gasteiger partial charge in [0, 0.05) is 11.5 Å². The van der Waals surface area contributed by atoms with Crippen LogP contribution in [-0.4, -0.2) is 9.97 Å². The molecule has 0 saturated carbocycles. The highest BCUT2D eigenvalue weighted by atomic mass is 19.2. The first-order valence-corrected chi connectivity index (χ1v) is 6.25. The molecule has 1 aromatic carbocycles. The van der Waals surface area contributed by atoms with Crippen molar-refractivity contribution in [3.8, 4) is 0 Å². The lowest BCUT2D eigenvalue weighted by molar-refractivity contribution is 0.511. The Balaban J connectivity index is 2.45. The topological polar surface area (TPSA) is 63.8 Å². The summed E-state index contributed by atoms with van der Waals surface area (Å²) in [6.07, 6.45) is 0. The van der Waals surface area contributed by atoms with E-state index >= 15 is 0 Å². The number of rotatable bonds is 3. The van der Waals surface area contributed by atoms with Gasteiger partial charge in [-0.2, -0.15) is 0 Å². The van der Waals surface area contributed by atoms with Crippen LogP contribution in [0.4, 0.5) is 26.1 Å². The molecule has 6 heteroatoms. The first kappa shape index (κ1) is 14.2. The third-order valence-electron chi connectivity index (χ3n) is 2.92. The van der Waals surface area contributed by atoms with Gasteiger partial charge in [-0.25, -0.2) is 18.7 Å². The first-order chi connectivity index (χ1) is 9.40. The Bertz CT molecular complexity index is 641. The van der Waals surface area contributed by atoms with Crippen molar-refractivity contribution in [1.29, 1.82) is 0 Å². The van der Waals surface area contributed by atoms with Crippen LogP contribution >= 0.6 is 0 Å². The van der Waals surface area contributed by atoms with Gasteiger partial charge >= 0.3 is 0 Å². The molecule has 0 saturated heterocycles. The minimum absolute atomic E-state index is 0.0147. The summed E-state index contributed by atoms with van der Waals surface area (Å²) in [4.78, 5) is 8.48. The highest BCUT2D eigenvalue weighted by Crippen LogP contribution is 2.26. The van der Waals surface area contributed by atoms with Crippen LogP contribution in [0.5, 0.6) is 0 Å². The van der Waals surface area contributed by atoms with Crippen LogP contribution in [0.1, 0.15) is 31.2 Å². The fourth-order valence-corrected chi connectivity index (χ4v) is 1.66. The molecule has 0 aliphatic heterocycles. The van der Waals surface area contributed by atoms with Gasteiger partial charge in [0.15, 0.2) is 11.6 Å². The largest absolute Gasteiger partial charge is 0.383 e. The fourth-order valence-electron chi connectivity index (χ4n) is 1.66. The van der Waals surface area contributed by atoms with Gasteiger partial charge in [0.05, 0.1) is 5.69 Å². The molecule has 0 radical (unpaired) electrons. The first-order valence-electron chi connectivity index (χ1n) is 6.25. The van der Waals surface area contributed by atoms with Gasteiger partial charge in [-0.05, 0) is 19.1 Å². The minimum Gasteiger partial charge on any atom is -0.383 e. The van der Waals surface area contributed by atoms with Crippen LogP contribution in [-0.2, 0) is 0 Å². The number of aromatic nitrogens is 2.